The fraction of sp³-hybridized carbons (Fsp3) is 0.118. The monoisotopic (exact) mass is 289 g/mol. The van der Waals surface area contributed by atoms with Crippen molar-refractivity contribution in [3.63, 3.8) is 0 Å². The average Bonchev–Trinajstić information content (AvgIpc) is 3.02. The van der Waals surface area contributed by atoms with E-state index in [9.17, 15) is 0 Å². The second-order valence-corrected chi connectivity index (χ2v) is 5.31. The van der Waals surface area contributed by atoms with Crippen LogP contribution in [0.15, 0.2) is 48.8 Å². The van der Waals surface area contributed by atoms with E-state index in [2.05, 4.69) is 62.4 Å². The predicted molar refractivity (Wildman–Crippen MR) is 87.5 cm³/mol. The Bertz CT molecular complexity index is 958. The summed E-state index contributed by atoms with van der Waals surface area (Å²) in [4.78, 5) is 15.9. The van der Waals surface area contributed by atoms with Gasteiger partial charge < -0.3 is 10.7 Å². The van der Waals surface area contributed by atoms with Crippen molar-refractivity contribution in [2.45, 2.75) is 12.8 Å². The van der Waals surface area contributed by atoms with Crippen LogP contribution in [0.5, 0.6) is 0 Å². The van der Waals surface area contributed by atoms with Crippen molar-refractivity contribution in [2.75, 3.05) is 5.73 Å². The number of aromatic nitrogens is 4. The number of nitrogens with two attached hydrogens (primary N) is 1. The van der Waals surface area contributed by atoms with E-state index in [0.29, 0.717) is 17.0 Å². The van der Waals surface area contributed by atoms with Gasteiger partial charge in [-0.05, 0) is 22.8 Å². The van der Waals surface area contributed by atoms with Gasteiger partial charge >= 0.3 is 0 Å². The van der Waals surface area contributed by atoms with Crippen LogP contribution in [0.2, 0.25) is 0 Å². The van der Waals surface area contributed by atoms with Crippen LogP contribution in [0, 0.1) is 0 Å². The Balaban J connectivity index is 1.59. The number of nitrogen functional groups attached to an aromatic ring is 1. The van der Waals surface area contributed by atoms with Crippen LogP contribution >= 0.6 is 0 Å². The van der Waals surface area contributed by atoms with E-state index in [1.165, 1.54) is 16.3 Å². The minimum absolute atomic E-state index is 0.455. The fourth-order valence-corrected chi connectivity index (χ4v) is 2.66. The standard InChI is InChI=1S/C17H15N5/c18-16-15-17(20-10-19-15)22-14(21-16)8-6-11-5-7-12-3-1-2-4-13(12)9-11/h1-5,7,9-10H,6,8H2,(H3,18,19,20,21,22). The van der Waals surface area contributed by atoms with Gasteiger partial charge in [-0.25, -0.2) is 15.0 Å². The number of imidazole rings is 1. The molecule has 0 fully saturated rings. The number of fused-ring (bicyclic) bond motifs is 2. The number of aryl methyl sites for hydroxylation is 2. The summed E-state index contributed by atoms with van der Waals surface area (Å²) in [6.45, 7) is 0. The maximum Gasteiger partial charge on any atom is 0.183 e. The van der Waals surface area contributed by atoms with Gasteiger partial charge in [0.15, 0.2) is 11.5 Å². The first-order valence-corrected chi connectivity index (χ1v) is 7.23. The third-order valence-electron chi connectivity index (χ3n) is 3.81. The molecule has 22 heavy (non-hydrogen) atoms. The van der Waals surface area contributed by atoms with Crippen LogP contribution in [0.25, 0.3) is 21.9 Å². The highest BCUT2D eigenvalue weighted by Crippen LogP contribution is 2.18. The predicted octanol–water partition coefficient (Wildman–Crippen LogP) is 2.87. The summed E-state index contributed by atoms with van der Waals surface area (Å²) in [6.07, 6.45) is 3.20. The number of nitrogens with zero attached hydrogens (tertiary/aromatic N) is 3. The van der Waals surface area contributed by atoms with Gasteiger partial charge in [-0.1, -0.05) is 42.5 Å². The minimum atomic E-state index is 0.455. The average molecular weight is 289 g/mol. The zero-order chi connectivity index (χ0) is 14.9. The molecular weight excluding hydrogens is 274 g/mol. The van der Waals surface area contributed by atoms with Gasteiger partial charge in [0.2, 0.25) is 0 Å². The molecule has 0 saturated heterocycles. The van der Waals surface area contributed by atoms with Gasteiger partial charge in [0.25, 0.3) is 0 Å². The van der Waals surface area contributed by atoms with Crippen molar-refractivity contribution in [2.24, 2.45) is 0 Å². The molecule has 2 aromatic carbocycles. The smallest absolute Gasteiger partial charge is 0.183 e. The molecule has 2 heterocycles. The normalized spacial score (nSPS) is 11.3. The zero-order valence-corrected chi connectivity index (χ0v) is 12.0. The Morgan fingerprint density at radius 1 is 0.955 bits per heavy atom. The Morgan fingerprint density at radius 2 is 1.82 bits per heavy atom. The van der Waals surface area contributed by atoms with Gasteiger partial charge in [-0.3, -0.25) is 0 Å². The second kappa shape index (κ2) is 5.11. The van der Waals surface area contributed by atoms with E-state index in [0.717, 1.165) is 18.7 Å². The first kappa shape index (κ1) is 12.8. The number of nitrogens with one attached hydrogen (secondary N) is 1. The lowest BCUT2D eigenvalue weighted by molar-refractivity contribution is 0.871. The molecule has 0 spiro atoms. The molecule has 0 saturated carbocycles. The van der Waals surface area contributed by atoms with Crippen LogP contribution in [-0.4, -0.2) is 19.9 Å². The number of hydrogen-bond donors (Lipinski definition) is 2. The summed E-state index contributed by atoms with van der Waals surface area (Å²) in [7, 11) is 0. The van der Waals surface area contributed by atoms with E-state index in [-0.39, 0.29) is 0 Å². The molecule has 0 aliphatic heterocycles. The highest BCUT2D eigenvalue weighted by atomic mass is 15.0. The van der Waals surface area contributed by atoms with Crippen molar-refractivity contribution in [3.8, 4) is 0 Å². The van der Waals surface area contributed by atoms with E-state index >= 15 is 0 Å². The SMILES string of the molecule is Nc1nc(CCc2ccc3ccccc3c2)nc2nc[nH]c12. The zero-order valence-electron chi connectivity index (χ0n) is 12.0. The van der Waals surface area contributed by atoms with Crippen molar-refractivity contribution in [3.05, 3.63) is 60.2 Å². The molecule has 4 rings (SSSR count). The molecule has 5 nitrogen and oxygen atoms in total. The van der Waals surface area contributed by atoms with Gasteiger partial charge in [-0.2, -0.15) is 0 Å². The molecule has 0 aliphatic carbocycles. The number of aromatic amines is 1. The molecular formula is C17H15N5. The Morgan fingerprint density at radius 3 is 2.73 bits per heavy atom. The molecule has 108 valence electrons. The molecule has 5 heteroatoms. The van der Waals surface area contributed by atoms with Gasteiger partial charge in [0.05, 0.1) is 6.33 Å². The lowest BCUT2D eigenvalue weighted by atomic mass is 10.0. The maximum absolute atomic E-state index is 5.92. The Labute approximate surface area is 127 Å². The number of anilines is 1. The topological polar surface area (TPSA) is 80.5 Å². The third kappa shape index (κ3) is 2.26. The van der Waals surface area contributed by atoms with Crippen molar-refractivity contribution in [1.29, 1.82) is 0 Å². The first-order valence-electron chi connectivity index (χ1n) is 7.23. The van der Waals surface area contributed by atoms with Crippen LogP contribution in [0.4, 0.5) is 5.82 Å². The van der Waals surface area contributed by atoms with E-state index in [1.807, 2.05) is 0 Å². The molecule has 0 aliphatic rings. The quantitative estimate of drug-likeness (QED) is 0.607. The van der Waals surface area contributed by atoms with E-state index in [4.69, 9.17) is 5.73 Å². The maximum atomic E-state index is 5.92. The Hall–Kier alpha value is -2.95. The molecule has 0 atom stereocenters. The highest BCUT2D eigenvalue weighted by Gasteiger charge is 2.07. The van der Waals surface area contributed by atoms with Gasteiger partial charge in [-0.15, -0.1) is 0 Å². The van der Waals surface area contributed by atoms with Crippen LogP contribution < -0.4 is 5.73 Å². The van der Waals surface area contributed by atoms with Gasteiger partial charge in [0, 0.05) is 6.42 Å². The number of H-pyrrole nitrogens is 1. The molecule has 0 unspecified atom stereocenters. The van der Waals surface area contributed by atoms with Crippen LogP contribution in [0.3, 0.4) is 0 Å². The molecule has 0 radical (unpaired) electrons. The summed E-state index contributed by atoms with van der Waals surface area (Å²) < 4.78 is 0. The molecule has 0 amide bonds. The van der Waals surface area contributed by atoms with Crippen LogP contribution in [0.1, 0.15) is 11.4 Å². The lowest BCUT2D eigenvalue weighted by Gasteiger charge is -2.04. The summed E-state index contributed by atoms with van der Waals surface area (Å²) in [5.74, 6) is 1.18. The molecule has 3 N–H and O–H groups in total. The second-order valence-electron chi connectivity index (χ2n) is 5.31. The molecule has 2 aromatic heterocycles. The number of hydrogen-bond acceptors (Lipinski definition) is 4. The van der Waals surface area contributed by atoms with Crippen molar-refractivity contribution in [1.82, 2.24) is 19.9 Å². The highest BCUT2D eigenvalue weighted by molar-refractivity contribution is 5.83. The lowest BCUT2D eigenvalue weighted by Crippen LogP contribution is -2.02. The third-order valence-corrected chi connectivity index (χ3v) is 3.81. The fourth-order valence-electron chi connectivity index (χ4n) is 2.66. The van der Waals surface area contributed by atoms with Crippen LogP contribution in [-0.2, 0) is 12.8 Å². The summed E-state index contributed by atoms with van der Waals surface area (Å²) in [6, 6.07) is 14.9. The van der Waals surface area contributed by atoms with Gasteiger partial charge in [0.1, 0.15) is 11.3 Å². The summed E-state index contributed by atoms with van der Waals surface area (Å²) >= 11 is 0. The minimum Gasteiger partial charge on any atom is -0.382 e. The van der Waals surface area contributed by atoms with E-state index in [1.54, 1.807) is 6.33 Å². The largest absolute Gasteiger partial charge is 0.382 e. The Kier molecular flexibility index (Phi) is 2.96. The number of rotatable bonds is 3. The number of benzene rings is 2. The van der Waals surface area contributed by atoms with Crippen molar-refractivity contribution < 1.29 is 0 Å². The molecule has 0 bridgehead atoms. The summed E-state index contributed by atoms with van der Waals surface area (Å²) in [5.41, 5.74) is 8.52. The first-order chi connectivity index (χ1) is 10.8. The van der Waals surface area contributed by atoms with Crippen molar-refractivity contribution >= 4 is 27.8 Å². The summed E-state index contributed by atoms with van der Waals surface area (Å²) in [5, 5.41) is 2.51. The van der Waals surface area contributed by atoms with E-state index < -0.39 is 0 Å². The molecule has 4 aromatic rings.